The molecule has 0 saturated heterocycles. The summed E-state index contributed by atoms with van der Waals surface area (Å²) in [6.45, 7) is 0. The van der Waals surface area contributed by atoms with Gasteiger partial charge in [-0.15, -0.1) is 0 Å². The van der Waals surface area contributed by atoms with Crippen molar-refractivity contribution in [1.82, 2.24) is 0 Å². The Labute approximate surface area is 97.7 Å². The number of rotatable bonds is 1. The average molecular weight is 210 g/mol. The summed E-state index contributed by atoms with van der Waals surface area (Å²) in [5, 5.41) is 0. The van der Waals surface area contributed by atoms with E-state index in [0.717, 1.165) is 0 Å². The van der Waals surface area contributed by atoms with Crippen LogP contribution in [0, 0.1) is 0 Å². The Hall–Kier alpha value is -1.30. The lowest BCUT2D eigenvalue weighted by molar-refractivity contribution is 0.835. The highest BCUT2D eigenvalue weighted by molar-refractivity contribution is 5.48. The Kier molecular flexibility index (Phi) is 2.65. The zero-order chi connectivity index (χ0) is 10.8. The van der Waals surface area contributed by atoms with Crippen molar-refractivity contribution in [2.24, 2.45) is 0 Å². The van der Waals surface area contributed by atoms with Crippen LogP contribution in [0.5, 0.6) is 0 Å². The average Bonchev–Trinajstić information content (AvgIpc) is 2.39. The minimum atomic E-state index is 1.22. The van der Waals surface area contributed by atoms with Crippen molar-refractivity contribution >= 4 is 0 Å². The van der Waals surface area contributed by atoms with Gasteiger partial charge in [0.15, 0.2) is 0 Å². The molecule has 0 aromatic rings. The molecule has 0 bridgehead atoms. The van der Waals surface area contributed by atoms with Crippen LogP contribution in [-0.2, 0) is 0 Å². The van der Waals surface area contributed by atoms with E-state index in [-0.39, 0.29) is 0 Å². The Morgan fingerprint density at radius 3 is 2.56 bits per heavy atom. The molecule has 0 aromatic carbocycles. The fraction of sp³-hybridized carbons (Fsp3) is 0.375. The van der Waals surface area contributed by atoms with Gasteiger partial charge in [0.1, 0.15) is 0 Å². The topological polar surface area (TPSA) is 0 Å². The van der Waals surface area contributed by atoms with Gasteiger partial charge in [-0.25, -0.2) is 0 Å². The van der Waals surface area contributed by atoms with Gasteiger partial charge in [-0.1, -0.05) is 36.5 Å². The molecule has 3 aliphatic carbocycles. The maximum Gasteiger partial charge on any atom is -0.0235 e. The molecule has 0 radical (unpaired) electrons. The molecule has 0 unspecified atom stereocenters. The maximum atomic E-state index is 2.47. The van der Waals surface area contributed by atoms with Crippen LogP contribution >= 0.6 is 0 Å². The molecule has 0 aromatic heterocycles. The standard InChI is InChI=1S/C16H18/c1-2-6-13(7-3-1)16-11-10-14-8-4-5-9-15(14)12-16/h1-2,4,6,8,12H,3,5,7,9-11H2. The van der Waals surface area contributed by atoms with E-state index in [9.17, 15) is 0 Å². The van der Waals surface area contributed by atoms with Crippen molar-refractivity contribution < 1.29 is 0 Å². The fourth-order valence-electron chi connectivity index (χ4n) is 2.82. The number of hydrogen-bond acceptors (Lipinski definition) is 0. The number of hydrogen-bond donors (Lipinski definition) is 0. The van der Waals surface area contributed by atoms with E-state index in [0.29, 0.717) is 0 Å². The molecule has 82 valence electrons. The van der Waals surface area contributed by atoms with Gasteiger partial charge in [0.05, 0.1) is 0 Å². The molecule has 0 aliphatic heterocycles. The molecular formula is C16H18. The van der Waals surface area contributed by atoms with Gasteiger partial charge in [-0.3, -0.25) is 0 Å². The lowest BCUT2D eigenvalue weighted by Crippen LogP contribution is -2.03. The Morgan fingerprint density at radius 2 is 1.69 bits per heavy atom. The second-order valence-electron chi connectivity index (χ2n) is 4.82. The third-order valence-corrected chi connectivity index (χ3v) is 3.75. The summed E-state index contributed by atoms with van der Waals surface area (Å²) in [7, 11) is 0. The van der Waals surface area contributed by atoms with Crippen LogP contribution in [0.3, 0.4) is 0 Å². The predicted octanol–water partition coefficient (Wildman–Crippen LogP) is 4.63. The van der Waals surface area contributed by atoms with E-state index in [1.54, 1.807) is 22.3 Å². The molecule has 0 amide bonds. The molecule has 3 rings (SSSR count). The molecule has 0 fully saturated rings. The summed E-state index contributed by atoms with van der Waals surface area (Å²) < 4.78 is 0. The Morgan fingerprint density at radius 1 is 0.750 bits per heavy atom. The van der Waals surface area contributed by atoms with E-state index < -0.39 is 0 Å². The highest BCUT2D eigenvalue weighted by Gasteiger charge is 2.16. The molecule has 0 N–H and O–H groups in total. The first-order chi connectivity index (χ1) is 7.93. The molecule has 3 aliphatic rings. The van der Waals surface area contributed by atoms with Crippen molar-refractivity contribution in [2.45, 2.75) is 38.5 Å². The zero-order valence-electron chi connectivity index (χ0n) is 9.71. The van der Waals surface area contributed by atoms with Crippen LogP contribution in [0.25, 0.3) is 0 Å². The first-order valence-electron chi connectivity index (χ1n) is 6.39. The molecular weight excluding hydrogens is 192 g/mol. The van der Waals surface area contributed by atoms with E-state index in [4.69, 9.17) is 0 Å². The zero-order valence-corrected chi connectivity index (χ0v) is 9.71. The fourth-order valence-corrected chi connectivity index (χ4v) is 2.82. The SMILES string of the molecule is C1=CCCC(C2=CC3=C(C=CCC3)CC2)=C1. The summed E-state index contributed by atoms with van der Waals surface area (Å²) in [4.78, 5) is 0. The van der Waals surface area contributed by atoms with Crippen molar-refractivity contribution in [1.29, 1.82) is 0 Å². The lowest BCUT2D eigenvalue weighted by Gasteiger charge is -2.23. The monoisotopic (exact) mass is 210 g/mol. The molecule has 0 heteroatoms. The van der Waals surface area contributed by atoms with Gasteiger partial charge >= 0.3 is 0 Å². The predicted molar refractivity (Wildman–Crippen MR) is 69.2 cm³/mol. The summed E-state index contributed by atoms with van der Waals surface area (Å²) in [5.41, 5.74) is 6.35. The normalized spacial score (nSPS) is 24.0. The molecule has 0 nitrogen and oxygen atoms in total. The summed E-state index contributed by atoms with van der Waals surface area (Å²) in [6, 6.07) is 0. The lowest BCUT2D eigenvalue weighted by atomic mass is 9.83. The van der Waals surface area contributed by atoms with Crippen LogP contribution in [0.1, 0.15) is 38.5 Å². The molecule has 16 heavy (non-hydrogen) atoms. The second-order valence-corrected chi connectivity index (χ2v) is 4.82. The minimum absolute atomic E-state index is 1.22. The smallest absolute Gasteiger partial charge is 0.0235 e. The molecule has 0 spiro atoms. The van der Waals surface area contributed by atoms with Crippen LogP contribution in [0.15, 0.2) is 58.7 Å². The second kappa shape index (κ2) is 4.29. The first kappa shape index (κ1) is 9.89. The third-order valence-electron chi connectivity index (χ3n) is 3.75. The quantitative estimate of drug-likeness (QED) is 0.592. The van der Waals surface area contributed by atoms with Crippen molar-refractivity contribution in [3.63, 3.8) is 0 Å². The van der Waals surface area contributed by atoms with Crippen LogP contribution in [-0.4, -0.2) is 0 Å². The van der Waals surface area contributed by atoms with Gasteiger partial charge in [0, 0.05) is 0 Å². The summed E-state index contributed by atoms with van der Waals surface area (Å²) >= 11 is 0. The molecule has 0 saturated carbocycles. The maximum absolute atomic E-state index is 2.47. The van der Waals surface area contributed by atoms with E-state index >= 15 is 0 Å². The molecule has 0 heterocycles. The van der Waals surface area contributed by atoms with Crippen molar-refractivity contribution in [3.8, 4) is 0 Å². The van der Waals surface area contributed by atoms with Gasteiger partial charge < -0.3 is 0 Å². The minimum Gasteiger partial charge on any atom is -0.0842 e. The van der Waals surface area contributed by atoms with Gasteiger partial charge in [-0.2, -0.15) is 0 Å². The van der Waals surface area contributed by atoms with Gasteiger partial charge in [0.25, 0.3) is 0 Å². The van der Waals surface area contributed by atoms with E-state index in [2.05, 4.69) is 36.5 Å². The van der Waals surface area contributed by atoms with Crippen molar-refractivity contribution in [2.75, 3.05) is 0 Å². The summed E-state index contributed by atoms with van der Waals surface area (Å²) in [6.07, 6.45) is 21.3. The van der Waals surface area contributed by atoms with Crippen LogP contribution in [0.4, 0.5) is 0 Å². The first-order valence-corrected chi connectivity index (χ1v) is 6.39. The van der Waals surface area contributed by atoms with Gasteiger partial charge in [0.2, 0.25) is 0 Å². The Balaban J connectivity index is 1.90. The highest BCUT2D eigenvalue weighted by atomic mass is 14.2. The third kappa shape index (κ3) is 1.84. The van der Waals surface area contributed by atoms with Crippen molar-refractivity contribution in [3.05, 3.63) is 58.7 Å². The number of allylic oxidation sites excluding steroid dienone is 10. The van der Waals surface area contributed by atoms with Gasteiger partial charge in [-0.05, 0) is 60.8 Å². The van der Waals surface area contributed by atoms with E-state index in [1.165, 1.54) is 38.5 Å². The Bertz CT molecular complexity index is 439. The van der Waals surface area contributed by atoms with E-state index in [1.807, 2.05) is 0 Å². The van der Waals surface area contributed by atoms with Crippen LogP contribution in [0.2, 0.25) is 0 Å². The van der Waals surface area contributed by atoms with Crippen LogP contribution < -0.4 is 0 Å². The largest absolute Gasteiger partial charge is 0.0842 e. The summed E-state index contributed by atoms with van der Waals surface area (Å²) in [5.74, 6) is 0. The molecule has 0 atom stereocenters. The highest BCUT2D eigenvalue weighted by Crippen LogP contribution is 2.35.